The molecule has 1 aromatic carbocycles. The van der Waals surface area contributed by atoms with Crippen molar-refractivity contribution in [1.82, 2.24) is 0 Å². The second-order valence-corrected chi connectivity index (χ2v) is 3.09. The molecule has 0 aliphatic rings. The zero-order valence-corrected chi connectivity index (χ0v) is 8.19. The van der Waals surface area contributed by atoms with Crippen LogP contribution < -0.4 is 10.5 Å². The highest BCUT2D eigenvalue weighted by molar-refractivity contribution is 7.80. The number of aryl methyl sites for hydroxylation is 1. The Labute approximate surface area is 78.1 Å². The lowest BCUT2D eigenvalue weighted by Gasteiger charge is -2.08. The Balaban J connectivity index is 3.04. The SMILES string of the molecule is CCOc1cc(C)c(N)c(S)c1. The molecule has 0 aliphatic heterocycles. The average molecular weight is 183 g/mol. The van der Waals surface area contributed by atoms with Crippen LogP contribution >= 0.6 is 12.6 Å². The van der Waals surface area contributed by atoms with Crippen LogP contribution in [0.1, 0.15) is 12.5 Å². The molecule has 0 fully saturated rings. The number of nitrogen functional groups attached to an aromatic ring is 1. The molecule has 0 aliphatic carbocycles. The van der Waals surface area contributed by atoms with Gasteiger partial charge in [0.2, 0.25) is 0 Å². The predicted octanol–water partition coefficient (Wildman–Crippen LogP) is 2.26. The first kappa shape index (κ1) is 9.26. The van der Waals surface area contributed by atoms with Crippen LogP contribution in [0.25, 0.3) is 0 Å². The maximum atomic E-state index is 5.71. The summed E-state index contributed by atoms with van der Waals surface area (Å²) in [6, 6.07) is 3.74. The molecular formula is C9H13NOS. The van der Waals surface area contributed by atoms with Crippen molar-refractivity contribution >= 4 is 18.3 Å². The van der Waals surface area contributed by atoms with Crippen molar-refractivity contribution < 1.29 is 4.74 Å². The van der Waals surface area contributed by atoms with Gasteiger partial charge in [-0.2, -0.15) is 0 Å². The normalized spacial score (nSPS) is 9.92. The lowest BCUT2D eigenvalue weighted by atomic mass is 10.2. The van der Waals surface area contributed by atoms with E-state index < -0.39 is 0 Å². The topological polar surface area (TPSA) is 35.2 Å². The van der Waals surface area contributed by atoms with Crippen LogP contribution in [0.4, 0.5) is 5.69 Å². The van der Waals surface area contributed by atoms with Crippen molar-refractivity contribution in [1.29, 1.82) is 0 Å². The molecule has 1 aromatic rings. The van der Waals surface area contributed by atoms with Crippen LogP contribution in [-0.2, 0) is 0 Å². The molecule has 0 bridgehead atoms. The Bertz CT molecular complexity index is 263. The maximum Gasteiger partial charge on any atom is 0.120 e. The van der Waals surface area contributed by atoms with Gasteiger partial charge in [-0.15, -0.1) is 12.6 Å². The van der Waals surface area contributed by atoms with Gasteiger partial charge in [0.15, 0.2) is 0 Å². The van der Waals surface area contributed by atoms with Gasteiger partial charge >= 0.3 is 0 Å². The second-order valence-electron chi connectivity index (χ2n) is 2.61. The minimum atomic E-state index is 0.663. The molecule has 0 aromatic heterocycles. The van der Waals surface area contributed by atoms with E-state index in [9.17, 15) is 0 Å². The number of thiol groups is 1. The lowest BCUT2D eigenvalue weighted by molar-refractivity contribution is 0.339. The monoisotopic (exact) mass is 183 g/mol. The van der Waals surface area contributed by atoms with Crippen molar-refractivity contribution in [3.8, 4) is 5.75 Å². The first-order valence-electron chi connectivity index (χ1n) is 3.87. The van der Waals surface area contributed by atoms with E-state index in [1.54, 1.807) is 0 Å². The summed E-state index contributed by atoms with van der Waals surface area (Å²) in [6.45, 7) is 4.55. The summed E-state index contributed by atoms with van der Waals surface area (Å²) in [5.74, 6) is 0.828. The van der Waals surface area contributed by atoms with Crippen LogP contribution in [0.3, 0.4) is 0 Å². The van der Waals surface area contributed by atoms with E-state index in [1.165, 1.54) is 0 Å². The van der Waals surface area contributed by atoms with Gasteiger partial charge in [-0.1, -0.05) is 0 Å². The highest BCUT2D eigenvalue weighted by atomic mass is 32.1. The molecule has 0 saturated heterocycles. The Morgan fingerprint density at radius 2 is 2.17 bits per heavy atom. The zero-order chi connectivity index (χ0) is 9.14. The van der Waals surface area contributed by atoms with Gasteiger partial charge in [0, 0.05) is 10.6 Å². The fraction of sp³-hybridized carbons (Fsp3) is 0.333. The number of rotatable bonds is 2. The maximum absolute atomic E-state index is 5.71. The Hall–Kier alpha value is -0.830. The molecule has 0 heterocycles. The Morgan fingerprint density at radius 3 is 2.67 bits per heavy atom. The summed E-state index contributed by atoms with van der Waals surface area (Å²) in [6.07, 6.45) is 0. The molecule has 0 unspecified atom stereocenters. The number of benzene rings is 1. The summed E-state index contributed by atoms with van der Waals surface area (Å²) in [4.78, 5) is 0.776. The number of hydrogen-bond donors (Lipinski definition) is 2. The fourth-order valence-electron chi connectivity index (χ4n) is 0.997. The van der Waals surface area contributed by atoms with Crippen LogP contribution in [0.5, 0.6) is 5.75 Å². The highest BCUT2D eigenvalue weighted by Crippen LogP contribution is 2.26. The smallest absolute Gasteiger partial charge is 0.120 e. The van der Waals surface area contributed by atoms with Gasteiger partial charge < -0.3 is 10.5 Å². The van der Waals surface area contributed by atoms with Gasteiger partial charge in [0.1, 0.15) is 5.75 Å². The molecular weight excluding hydrogens is 170 g/mol. The van der Waals surface area contributed by atoms with Gasteiger partial charge in [-0.05, 0) is 31.5 Å². The summed E-state index contributed by atoms with van der Waals surface area (Å²) < 4.78 is 5.32. The van der Waals surface area contributed by atoms with Crippen LogP contribution in [0.15, 0.2) is 17.0 Å². The minimum Gasteiger partial charge on any atom is -0.494 e. The highest BCUT2D eigenvalue weighted by Gasteiger charge is 2.01. The molecule has 0 spiro atoms. The van der Waals surface area contributed by atoms with Crippen LogP contribution in [-0.4, -0.2) is 6.61 Å². The molecule has 66 valence electrons. The number of hydrogen-bond acceptors (Lipinski definition) is 3. The van der Waals surface area contributed by atoms with E-state index in [0.29, 0.717) is 6.61 Å². The number of nitrogens with two attached hydrogens (primary N) is 1. The summed E-state index contributed by atoms with van der Waals surface area (Å²) in [5, 5.41) is 0. The summed E-state index contributed by atoms with van der Waals surface area (Å²) in [5.41, 5.74) is 7.44. The third kappa shape index (κ3) is 1.85. The van der Waals surface area contributed by atoms with E-state index in [0.717, 1.165) is 21.9 Å². The third-order valence-electron chi connectivity index (χ3n) is 1.65. The zero-order valence-electron chi connectivity index (χ0n) is 7.29. The molecule has 0 saturated carbocycles. The van der Waals surface area contributed by atoms with Gasteiger partial charge in [-0.3, -0.25) is 0 Å². The molecule has 0 atom stereocenters. The minimum absolute atomic E-state index is 0.663. The molecule has 2 nitrogen and oxygen atoms in total. The number of ether oxygens (including phenoxy) is 1. The van der Waals surface area contributed by atoms with E-state index >= 15 is 0 Å². The summed E-state index contributed by atoms with van der Waals surface area (Å²) >= 11 is 4.23. The Kier molecular flexibility index (Phi) is 2.87. The standard InChI is InChI=1S/C9H13NOS/c1-3-11-7-4-6(2)9(10)8(12)5-7/h4-5,12H,3,10H2,1-2H3. The van der Waals surface area contributed by atoms with Crippen molar-refractivity contribution in [3.05, 3.63) is 17.7 Å². The molecule has 0 amide bonds. The van der Waals surface area contributed by atoms with Crippen LogP contribution in [0.2, 0.25) is 0 Å². The predicted molar refractivity (Wildman–Crippen MR) is 54.0 cm³/mol. The first-order valence-corrected chi connectivity index (χ1v) is 4.31. The molecule has 2 N–H and O–H groups in total. The van der Waals surface area contributed by atoms with Crippen molar-refractivity contribution in [2.45, 2.75) is 18.7 Å². The number of anilines is 1. The van der Waals surface area contributed by atoms with Crippen molar-refractivity contribution in [3.63, 3.8) is 0 Å². The quantitative estimate of drug-likeness (QED) is 0.545. The van der Waals surface area contributed by atoms with Crippen molar-refractivity contribution in [2.75, 3.05) is 12.3 Å². The molecule has 12 heavy (non-hydrogen) atoms. The van der Waals surface area contributed by atoms with Crippen molar-refractivity contribution in [2.24, 2.45) is 0 Å². The van der Waals surface area contributed by atoms with E-state index in [1.807, 2.05) is 26.0 Å². The third-order valence-corrected chi connectivity index (χ3v) is 2.02. The lowest BCUT2D eigenvalue weighted by Crippen LogP contribution is -1.95. The van der Waals surface area contributed by atoms with Gasteiger partial charge in [0.05, 0.1) is 6.61 Å². The van der Waals surface area contributed by atoms with E-state index in [-0.39, 0.29) is 0 Å². The Morgan fingerprint density at radius 1 is 1.50 bits per heavy atom. The molecule has 1 rings (SSSR count). The molecule has 0 radical (unpaired) electrons. The van der Waals surface area contributed by atoms with Gasteiger partial charge in [0.25, 0.3) is 0 Å². The average Bonchev–Trinajstić information content (AvgIpc) is 2.01. The van der Waals surface area contributed by atoms with E-state index in [4.69, 9.17) is 10.5 Å². The molecule has 3 heteroatoms. The van der Waals surface area contributed by atoms with Crippen LogP contribution in [0, 0.1) is 6.92 Å². The second kappa shape index (κ2) is 3.72. The summed E-state index contributed by atoms with van der Waals surface area (Å²) in [7, 11) is 0. The van der Waals surface area contributed by atoms with E-state index in [2.05, 4.69) is 12.6 Å². The largest absolute Gasteiger partial charge is 0.494 e. The first-order chi connectivity index (χ1) is 5.65. The fourth-order valence-corrected chi connectivity index (χ4v) is 1.30. The van der Waals surface area contributed by atoms with Gasteiger partial charge in [-0.25, -0.2) is 0 Å².